The van der Waals surface area contributed by atoms with Crippen LogP contribution in [-0.2, 0) is 17.2 Å². The predicted molar refractivity (Wildman–Crippen MR) is 74.6 cm³/mol. The van der Waals surface area contributed by atoms with Gasteiger partial charge in [-0.2, -0.15) is 17.6 Å². The van der Waals surface area contributed by atoms with E-state index in [-0.39, 0.29) is 10.0 Å². The molecule has 1 atom stereocenters. The van der Waals surface area contributed by atoms with Crippen LogP contribution in [0.5, 0.6) is 0 Å². The third-order valence-electron chi connectivity index (χ3n) is 2.20. The molecule has 8 heteroatoms. The highest BCUT2D eigenvalue weighted by Gasteiger charge is 2.32. The van der Waals surface area contributed by atoms with Gasteiger partial charge in [-0.05, 0) is 48.8 Å². The zero-order valence-corrected chi connectivity index (χ0v) is 13.3. The molecule has 20 heavy (non-hydrogen) atoms. The summed E-state index contributed by atoms with van der Waals surface area (Å²) in [6.07, 6.45) is -3.74. The van der Waals surface area contributed by atoms with E-state index < -0.39 is 33.3 Å². The summed E-state index contributed by atoms with van der Waals surface area (Å²) in [7, 11) is -1.67. The molecule has 0 aliphatic carbocycles. The summed E-state index contributed by atoms with van der Waals surface area (Å²) < 4.78 is 65.9. The van der Waals surface area contributed by atoms with Crippen LogP contribution in [0.4, 0.5) is 17.6 Å². The van der Waals surface area contributed by atoms with Crippen LogP contribution in [-0.4, -0.2) is 15.2 Å². The van der Waals surface area contributed by atoms with Crippen molar-refractivity contribution in [2.75, 3.05) is 0 Å². The van der Waals surface area contributed by atoms with E-state index in [2.05, 4.69) is 20.3 Å². The molecule has 0 heterocycles. The maximum Gasteiger partial charge on any atom is 0.416 e. The van der Waals surface area contributed by atoms with Crippen LogP contribution in [0, 0.1) is 5.82 Å². The minimum atomic E-state index is -4.60. The van der Waals surface area contributed by atoms with Crippen molar-refractivity contribution in [3.05, 3.63) is 33.5 Å². The number of nitrogens with zero attached hydrogens (tertiary/aromatic N) is 1. The first kappa shape index (κ1) is 17.3. The second-order valence-corrected chi connectivity index (χ2v) is 7.74. The average Bonchev–Trinajstić information content (AvgIpc) is 2.27. The number of halogens is 5. The zero-order valence-electron chi connectivity index (χ0n) is 10.9. The van der Waals surface area contributed by atoms with Crippen LogP contribution in [0.15, 0.2) is 21.0 Å². The fourth-order valence-electron chi connectivity index (χ4n) is 1.13. The van der Waals surface area contributed by atoms with Gasteiger partial charge in [0.15, 0.2) is 0 Å². The molecule has 0 aromatic heterocycles. The van der Waals surface area contributed by atoms with Gasteiger partial charge >= 0.3 is 6.18 Å². The highest BCUT2D eigenvalue weighted by Crippen LogP contribution is 2.33. The third-order valence-corrected chi connectivity index (χ3v) is 4.12. The summed E-state index contributed by atoms with van der Waals surface area (Å²) >= 11 is 2.72. The lowest BCUT2D eigenvalue weighted by Crippen LogP contribution is -2.19. The van der Waals surface area contributed by atoms with Gasteiger partial charge in [-0.15, -0.1) is 0 Å². The molecule has 0 radical (unpaired) electrons. The van der Waals surface area contributed by atoms with Crippen LogP contribution < -0.4 is 0 Å². The van der Waals surface area contributed by atoms with Gasteiger partial charge in [0, 0.05) is 11.8 Å². The number of benzene rings is 1. The molecule has 0 N–H and O–H groups in total. The highest BCUT2D eigenvalue weighted by atomic mass is 79.9. The fraction of sp³-hybridized carbons (Fsp3) is 0.417. The molecular formula is C12H12BrF4NOS. The zero-order chi connectivity index (χ0) is 15.7. The molecule has 1 aromatic rings. The average molecular weight is 374 g/mol. The van der Waals surface area contributed by atoms with Gasteiger partial charge in [0.05, 0.1) is 14.8 Å². The normalized spacial score (nSPS) is 14.8. The fourth-order valence-corrected chi connectivity index (χ4v) is 2.13. The Kier molecular flexibility index (Phi) is 5.13. The number of rotatable bonds is 2. The van der Waals surface area contributed by atoms with Crippen molar-refractivity contribution in [1.82, 2.24) is 0 Å². The van der Waals surface area contributed by atoms with E-state index >= 15 is 0 Å². The summed E-state index contributed by atoms with van der Waals surface area (Å²) in [4.78, 5) is 0. The molecule has 0 fully saturated rings. The molecular weight excluding hydrogens is 362 g/mol. The quantitative estimate of drug-likeness (QED) is 0.554. The van der Waals surface area contributed by atoms with Gasteiger partial charge in [0.2, 0.25) is 0 Å². The Morgan fingerprint density at radius 1 is 1.25 bits per heavy atom. The number of alkyl halides is 3. The van der Waals surface area contributed by atoms with Crippen LogP contribution in [0.25, 0.3) is 0 Å². The monoisotopic (exact) mass is 373 g/mol. The molecule has 0 bridgehead atoms. The molecule has 0 amide bonds. The van der Waals surface area contributed by atoms with Gasteiger partial charge in [-0.25, -0.2) is 8.60 Å². The molecule has 0 spiro atoms. The van der Waals surface area contributed by atoms with Gasteiger partial charge in [0.25, 0.3) is 0 Å². The first-order valence-electron chi connectivity index (χ1n) is 5.45. The summed E-state index contributed by atoms with van der Waals surface area (Å²) in [5, 5.41) is 0. The summed E-state index contributed by atoms with van der Waals surface area (Å²) in [6, 6.07) is 1.27. The lowest BCUT2D eigenvalue weighted by Gasteiger charge is -2.13. The molecule has 0 saturated heterocycles. The van der Waals surface area contributed by atoms with Gasteiger partial charge in [0.1, 0.15) is 16.8 Å². The standard InChI is InChI=1S/C12H12BrF4NOS/c1-11(2,3)20(19)18-6-7-4-8(12(15,16)17)5-9(13)10(7)14/h4-6H,1-3H3/b18-6+/t20-/m1/s1. The van der Waals surface area contributed by atoms with Crippen molar-refractivity contribution in [1.29, 1.82) is 0 Å². The second kappa shape index (κ2) is 5.93. The second-order valence-electron chi connectivity index (χ2n) is 4.96. The van der Waals surface area contributed by atoms with Gasteiger partial charge in [-0.3, -0.25) is 0 Å². The van der Waals surface area contributed by atoms with Gasteiger partial charge in [-0.1, -0.05) is 0 Å². The third kappa shape index (κ3) is 4.37. The minimum Gasteiger partial charge on any atom is -0.234 e. The molecule has 112 valence electrons. The lowest BCUT2D eigenvalue weighted by molar-refractivity contribution is -0.137. The van der Waals surface area contributed by atoms with E-state index in [1.165, 1.54) is 0 Å². The smallest absolute Gasteiger partial charge is 0.234 e. The van der Waals surface area contributed by atoms with Crippen molar-refractivity contribution in [3.63, 3.8) is 0 Å². The predicted octanol–water partition coefficient (Wildman–Crippen LogP) is 4.49. The summed E-state index contributed by atoms with van der Waals surface area (Å²) in [6.45, 7) is 4.95. The van der Waals surface area contributed by atoms with E-state index in [0.29, 0.717) is 12.1 Å². The maximum atomic E-state index is 13.7. The van der Waals surface area contributed by atoms with E-state index in [9.17, 15) is 21.8 Å². The van der Waals surface area contributed by atoms with E-state index in [1.807, 2.05) is 0 Å². The van der Waals surface area contributed by atoms with Crippen molar-refractivity contribution in [2.45, 2.75) is 31.7 Å². The molecule has 0 unspecified atom stereocenters. The molecule has 0 aliphatic rings. The molecule has 0 aliphatic heterocycles. The van der Waals surface area contributed by atoms with Gasteiger partial charge < -0.3 is 0 Å². The van der Waals surface area contributed by atoms with Crippen molar-refractivity contribution in [2.24, 2.45) is 4.40 Å². The number of hydrogen-bond donors (Lipinski definition) is 0. The first-order chi connectivity index (χ1) is 8.93. The summed E-state index contributed by atoms with van der Waals surface area (Å²) in [5.74, 6) is -0.882. The van der Waals surface area contributed by atoms with Crippen LogP contribution in [0.1, 0.15) is 31.9 Å². The van der Waals surface area contributed by atoms with Crippen LogP contribution >= 0.6 is 15.9 Å². The Balaban J connectivity index is 3.22. The SMILES string of the molecule is CC(C)(C)[S@@](=O)/N=C/c1cc(C(F)(F)F)cc(Br)c1F. The topological polar surface area (TPSA) is 29.4 Å². The highest BCUT2D eigenvalue weighted by molar-refractivity contribution is 9.10. The van der Waals surface area contributed by atoms with E-state index in [0.717, 1.165) is 6.21 Å². The Bertz CT molecular complexity index is 564. The molecule has 2 nitrogen and oxygen atoms in total. The first-order valence-corrected chi connectivity index (χ1v) is 7.35. The van der Waals surface area contributed by atoms with Crippen molar-refractivity contribution in [3.8, 4) is 0 Å². The minimum absolute atomic E-state index is 0.324. The Morgan fingerprint density at radius 3 is 2.25 bits per heavy atom. The molecule has 1 aromatic carbocycles. The Labute approximate surface area is 125 Å². The molecule has 0 saturated carbocycles. The van der Waals surface area contributed by atoms with Crippen molar-refractivity contribution >= 4 is 33.1 Å². The molecule has 1 rings (SSSR count). The van der Waals surface area contributed by atoms with E-state index in [4.69, 9.17) is 0 Å². The van der Waals surface area contributed by atoms with Crippen LogP contribution in [0.3, 0.4) is 0 Å². The largest absolute Gasteiger partial charge is 0.416 e. The maximum absolute atomic E-state index is 13.7. The Hall–Kier alpha value is -0.760. The van der Waals surface area contributed by atoms with E-state index in [1.54, 1.807) is 20.8 Å². The van der Waals surface area contributed by atoms with Crippen molar-refractivity contribution < 1.29 is 21.8 Å². The lowest BCUT2D eigenvalue weighted by atomic mass is 10.1. The Morgan fingerprint density at radius 2 is 1.80 bits per heavy atom. The summed E-state index contributed by atoms with van der Waals surface area (Å²) in [5.41, 5.74) is -1.38. The number of hydrogen-bond acceptors (Lipinski definition) is 1. The van der Waals surface area contributed by atoms with Crippen LogP contribution in [0.2, 0.25) is 0 Å².